The van der Waals surface area contributed by atoms with Crippen LogP contribution in [0.25, 0.3) is 0 Å². The lowest BCUT2D eigenvalue weighted by atomic mass is 10.1. The average Bonchev–Trinajstić information content (AvgIpc) is 2.26. The molecule has 15 heavy (non-hydrogen) atoms. The molecule has 0 saturated heterocycles. The normalized spacial score (nSPS) is 10.8. The molecule has 0 aliphatic rings. The molecule has 0 aromatic rings. The smallest absolute Gasteiger partial charge is 0.00675 e. The van der Waals surface area contributed by atoms with Crippen molar-refractivity contribution in [2.24, 2.45) is 0 Å². The molecule has 0 nitrogen and oxygen atoms in total. The van der Waals surface area contributed by atoms with E-state index in [0.29, 0.717) is 0 Å². The van der Waals surface area contributed by atoms with Crippen molar-refractivity contribution >= 4 is 24.4 Å². The van der Waals surface area contributed by atoms with Gasteiger partial charge in [0.1, 0.15) is 0 Å². The quantitative estimate of drug-likeness (QED) is 0.367. The molecule has 0 aliphatic heterocycles. The van der Waals surface area contributed by atoms with Gasteiger partial charge >= 0.3 is 0 Å². The van der Waals surface area contributed by atoms with Crippen molar-refractivity contribution in [3.05, 3.63) is 0 Å². The molecule has 0 atom stereocenters. The Hall–Kier alpha value is 0.700. The molecule has 0 rings (SSSR count). The van der Waals surface area contributed by atoms with Crippen LogP contribution in [0.2, 0.25) is 0 Å². The van der Waals surface area contributed by atoms with Gasteiger partial charge in [-0.15, -0.1) is 0 Å². The monoisotopic (exact) mass is 248 g/mol. The maximum atomic E-state index is 4.22. The summed E-state index contributed by atoms with van der Waals surface area (Å²) in [7, 11) is 0. The Morgan fingerprint density at radius 1 is 0.733 bits per heavy atom. The van der Waals surface area contributed by atoms with Gasteiger partial charge in [-0.05, 0) is 36.5 Å². The van der Waals surface area contributed by atoms with Crippen molar-refractivity contribution in [2.75, 3.05) is 17.3 Å². The molecule has 0 aliphatic carbocycles. The first kappa shape index (κ1) is 15.7. The third-order valence-corrected chi connectivity index (χ3v) is 4.06. The number of thioether (sulfide) groups is 1. The van der Waals surface area contributed by atoms with E-state index >= 15 is 0 Å². The van der Waals surface area contributed by atoms with E-state index in [1.54, 1.807) is 0 Å². The predicted molar refractivity (Wildman–Crippen MR) is 78.4 cm³/mol. The fourth-order valence-corrected chi connectivity index (χ4v) is 2.88. The molecular formula is C13H28S2. The Bertz CT molecular complexity index is 92.7. The Balaban J connectivity index is 2.81. The molecule has 0 amide bonds. The van der Waals surface area contributed by atoms with E-state index in [9.17, 15) is 0 Å². The lowest BCUT2D eigenvalue weighted by molar-refractivity contribution is 0.605. The summed E-state index contributed by atoms with van der Waals surface area (Å²) in [5.74, 6) is 3.82. The fraction of sp³-hybridized carbons (Fsp3) is 1.00. The summed E-state index contributed by atoms with van der Waals surface area (Å²) >= 11 is 6.36. The zero-order valence-corrected chi connectivity index (χ0v) is 12.1. The second-order valence-electron chi connectivity index (χ2n) is 4.16. The van der Waals surface area contributed by atoms with Gasteiger partial charge < -0.3 is 0 Å². The lowest BCUT2D eigenvalue weighted by Gasteiger charge is -2.01. The summed E-state index contributed by atoms with van der Waals surface area (Å²) in [5.41, 5.74) is 0. The van der Waals surface area contributed by atoms with E-state index < -0.39 is 0 Å². The molecule has 0 heterocycles. The van der Waals surface area contributed by atoms with Gasteiger partial charge in [-0.3, -0.25) is 0 Å². The Kier molecular flexibility index (Phi) is 15.4. The first-order chi connectivity index (χ1) is 7.41. The number of hydrogen-bond donors (Lipinski definition) is 1. The topological polar surface area (TPSA) is 0 Å². The minimum atomic E-state index is 1.06. The molecule has 0 bridgehead atoms. The van der Waals surface area contributed by atoms with Gasteiger partial charge in [-0.1, -0.05) is 45.4 Å². The van der Waals surface area contributed by atoms with Crippen LogP contribution in [0.5, 0.6) is 0 Å². The van der Waals surface area contributed by atoms with Crippen molar-refractivity contribution in [3.8, 4) is 0 Å². The van der Waals surface area contributed by atoms with Crippen LogP contribution in [-0.4, -0.2) is 17.3 Å². The van der Waals surface area contributed by atoms with E-state index in [0.717, 1.165) is 5.75 Å². The van der Waals surface area contributed by atoms with Crippen LogP contribution in [0.15, 0.2) is 0 Å². The highest BCUT2D eigenvalue weighted by atomic mass is 32.2. The van der Waals surface area contributed by atoms with Crippen LogP contribution in [0, 0.1) is 0 Å². The van der Waals surface area contributed by atoms with Crippen molar-refractivity contribution < 1.29 is 0 Å². The molecule has 92 valence electrons. The number of thiol groups is 1. The summed E-state index contributed by atoms with van der Waals surface area (Å²) in [4.78, 5) is 0. The number of unbranched alkanes of at least 4 members (excludes halogenated alkanes) is 7. The van der Waals surface area contributed by atoms with E-state index in [1.807, 2.05) is 0 Å². The van der Waals surface area contributed by atoms with Gasteiger partial charge in [-0.25, -0.2) is 0 Å². The maximum absolute atomic E-state index is 4.22. The predicted octanol–water partition coefficient (Wildman–Crippen LogP) is 5.18. The Morgan fingerprint density at radius 3 is 1.87 bits per heavy atom. The highest BCUT2D eigenvalue weighted by molar-refractivity contribution is 7.99. The summed E-state index contributed by atoms with van der Waals surface area (Å²) in [6, 6.07) is 0. The van der Waals surface area contributed by atoms with Crippen molar-refractivity contribution in [1.29, 1.82) is 0 Å². The van der Waals surface area contributed by atoms with Gasteiger partial charge in [0.15, 0.2) is 0 Å². The second kappa shape index (κ2) is 14.7. The lowest BCUT2D eigenvalue weighted by Crippen LogP contribution is -1.85. The molecule has 0 saturated carbocycles. The number of hydrogen-bond acceptors (Lipinski definition) is 2. The SMILES string of the molecule is CCCCSCCCCCCCCCS. The van der Waals surface area contributed by atoms with Crippen LogP contribution in [0.3, 0.4) is 0 Å². The van der Waals surface area contributed by atoms with Crippen LogP contribution in [-0.2, 0) is 0 Å². The fourth-order valence-electron chi connectivity index (χ4n) is 1.55. The van der Waals surface area contributed by atoms with Crippen LogP contribution in [0.4, 0.5) is 0 Å². The summed E-state index contributed by atoms with van der Waals surface area (Å²) in [5, 5.41) is 0. The zero-order chi connectivity index (χ0) is 11.2. The van der Waals surface area contributed by atoms with Crippen LogP contribution in [0.1, 0.15) is 64.7 Å². The van der Waals surface area contributed by atoms with Crippen molar-refractivity contribution in [2.45, 2.75) is 64.7 Å². The second-order valence-corrected chi connectivity index (χ2v) is 5.84. The first-order valence-electron chi connectivity index (χ1n) is 6.60. The largest absolute Gasteiger partial charge is 0.179 e. The van der Waals surface area contributed by atoms with E-state index in [2.05, 4.69) is 31.3 Å². The average molecular weight is 249 g/mol. The van der Waals surface area contributed by atoms with Gasteiger partial charge in [0, 0.05) is 0 Å². The third-order valence-electron chi connectivity index (χ3n) is 2.59. The summed E-state index contributed by atoms with van der Waals surface area (Å²) in [6.45, 7) is 2.27. The molecule has 0 radical (unpaired) electrons. The first-order valence-corrected chi connectivity index (χ1v) is 8.39. The molecule has 0 fully saturated rings. The molecular weight excluding hydrogens is 220 g/mol. The van der Waals surface area contributed by atoms with Gasteiger partial charge in [-0.2, -0.15) is 24.4 Å². The third kappa shape index (κ3) is 14.7. The summed E-state index contributed by atoms with van der Waals surface area (Å²) < 4.78 is 0. The molecule has 0 aromatic heterocycles. The standard InChI is InChI=1S/C13H28S2/c1-2-3-12-15-13-10-8-6-4-5-7-9-11-14/h14H,2-13H2,1H3. The van der Waals surface area contributed by atoms with Gasteiger partial charge in [0.25, 0.3) is 0 Å². The van der Waals surface area contributed by atoms with Crippen LogP contribution < -0.4 is 0 Å². The minimum Gasteiger partial charge on any atom is -0.179 e. The molecule has 0 spiro atoms. The van der Waals surface area contributed by atoms with E-state index in [4.69, 9.17) is 0 Å². The highest BCUT2D eigenvalue weighted by Crippen LogP contribution is 2.11. The maximum Gasteiger partial charge on any atom is -0.00675 e. The molecule has 2 heteroatoms. The van der Waals surface area contributed by atoms with Gasteiger partial charge in [0.05, 0.1) is 0 Å². The molecule has 0 N–H and O–H groups in total. The Labute approximate surface area is 106 Å². The van der Waals surface area contributed by atoms with Crippen molar-refractivity contribution in [3.63, 3.8) is 0 Å². The number of rotatable bonds is 12. The minimum absolute atomic E-state index is 1.06. The zero-order valence-electron chi connectivity index (χ0n) is 10.3. The molecule has 0 unspecified atom stereocenters. The van der Waals surface area contributed by atoms with Crippen molar-refractivity contribution in [1.82, 2.24) is 0 Å². The molecule has 0 aromatic carbocycles. The Morgan fingerprint density at radius 2 is 1.27 bits per heavy atom. The summed E-state index contributed by atoms with van der Waals surface area (Å²) in [6.07, 6.45) is 12.6. The van der Waals surface area contributed by atoms with Gasteiger partial charge in [0.2, 0.25) is 0 Å². The highest BCUT2D eigenvalue weighted by Gasteiger charge is 1.92. The van der Waals surface area contributed by atoms with E-state index in [-0.39, 0.29) is 0 Å². The van der Waals surface area contributed by atoms with Crippen LogP contribution >= 0.6 is 24.4 Å². The van der Waals surface area contributed by atoms with E-state index in [1.165, 1.54) is 69.3 Å².